The number of anilines is 2. The summed E-state index contributed by atoms with van der Waals surface area (Å²) in [6.45, 7) is 1.58. The van der Waals surface area contributed by atoms with Crippen LogP contribution in [0.15, 0.2) is 71.6 Å². The molecule has 0 heterocycles. The highest BCUT2D eigenvalue weighted by Gasteiger charge is 2.19. The van der Waals surface area contributed by atoms with Gasteiger partial charge >= 0.3 is 0 Å². The number of ether oxygens (including phenoxy) is 2. The highest BCUT2D eigenvalue weighted by Crippen LogP contribution is 2.30. The van der Waals surface area contributed by atoms with E-state index in [1.54, 1.807) is 37.3 Å². The monoisotopic (exact) mass is 478 g/mol. The van der Waals surface area contributed by atoms with Gasteiger partial charge in [-0.2, -0.15) is 0 Å². The second-order valence-electron chi connectivity index (χ2n) is 6.68. The zero-order valence-electron chi connectivity index (χ0n) is 17.1. The van der Waals surface area contributed by atoms with Crippen LogP contribution in [0.5, 0.6) is 11.5 Å². The number of benzene rings is 3. The van der Waals surface area contributed by atoms with Crippen molar-refractivity contribution in [1.29, 1.82) is 0 Å². The Labute approximate surface area is 190 Å². The largest absolute Gasteiger partial charge is 0.495 e. The average Bonchev–Trinajstić information content (AvgIpc) is 2.75. The number of hydrogen-bond donors (Lipinski definition) is 2. The number of amides is 1. The van der Waals surface area contributed by atoms with E-state index < -0.39 is 27.9 Å². The van der Waals surface area contributed by atoms with Gasteiger partial charge in [0.15, 0.2) is 6.10 Å². The molecule has 0 spiro atoms. The first-order valence-electron chi connectivity index (χ1n) is 9.37. The van der Waals surface area contributed by atoms with Crippen molar-refractivity contribution >= 4 is 38.9 Å². The second-order valence-corrected chi connectivity index (χ2v) is 8.80. The molecule has 3 rings (SSSR count). The van der Waals surface area contributed by atoms with Crippen LogP contribution in [0.2, 0.25) is 5.02 Å². The number of rotatable bonds is 8. The predicted octanol–water partition coefficient (Wildman–Crippen LogP) is 4.69. The van der Waals surface area contributed by atoms with E-state index in [-0.39, 0.29) is 16.3 Å². The van der Waals surface area contributed by atoms with Crippen LogP contribution in [-0.4, -0.2) is 27.5 Å². The lowest BCUT2D eigenvalue weighted by molar-refractivity contribution is -0.122. The van der Waals surface area contributed by atoms with Crippen LogP contribution >= 0.6 is 11.6 Å². The SMILES string of the molecule is COc1ccc(NC(=O)C(C)Oc2ccc(Cl)cc2)cc1NS(=O)(=O)c1ccc(F)cc1. The summed E-state index contributed by atoms with van der Waals surface area (Å²) < 4.78 is 51.6. The first-order valence-corrected chi connectivity index (χ1v) is 11.2. The van der Waals surface area contributed by atoms with Gasteiger partial charge in [0.1, 0.15) is 17.3 Å². The molecule has 0 radical (unpaired) electrons. The number of carbonyl (C=O) groups excluding carboxylic acids is 1. The molecule has 0 fully saturated rings. The molecule has 1 amide bonds. The minimum absolute atomic E-state index is 0.0981. The third-order valence-electron chi connectivity index (χ3n) is 4.33. The van der Waals surface area contributed by atoms with Gasteiger partial charge in [0.05, 0.1) is 17.7 Å². The standard InChI is InChI=1S/C22H20ClFN2O5S/c1-14(31-18-8-3-15(23)4-9-18)22(27)25-17-7-12-21(30-2)20(13-17)26-32(28,29)19-10-5-16(24)6-11-19/h3-14,26H,1-2H3,(H,25,27). The molecule has 3 aromatic carbocycles. The lowest BCUT2D eigenvalue weighted by atomic mass is 10.2. The maximum atomic E-state index is 13.1. The molecule has 0 saturated heterocycles. The van der Waals surface area contributed by atoms with E-state index in [1.807, 2.05) is 0 Å². The molecule has 0 saturated carbocycles. The van der Waals surface area contributed by atoms with Crippen LogP contribution in [-0.2, 0) is 14.8 Å². The molecule has 0 aromatic heterocycles. The minimum atomic E-state index is -4.01. The fraction of sp³-hybridized carbons (Fsp3) is 0.136. The lowest BCUT2D eigenvalue weighted by Crippen LogP contribution is -2.30. The summed E-state index contributed by atoms with van der Waals surface area (Å²) in [6.07, 6.45) is -0.836. The number of carbonyl (C=O) groups is 1. The van der Waals surface area contributed by atoms with Gasteiger partial charge in [-0.05, 0) is 73.7 Å². The van der Waals surface area contributed by atoms with E-state index in [4.69, 9.17) is 21.1 Å². The Bertz CT molecular complexity index is 1200. The maximum absolute atomic E-state index is 13.1. The van der Waals surface area contributed by atoms with Crippen LogP contribution in [0.4, 0.5) is 15.8 Å². The number of sulfonamides is 1. The summed E-state index contributed by atoms with van der Waals surface area (Å²) in [7, 11) is -2.63. The molecule has 32 heavy (non-hydrogen) atoms. The van der Waals surface area contributed by atoms with Gasteiger partial charge in [0.25, 0.3) is 15.9 Å². The summed E-state index contributed by atoms with van der Waals surface area (Å²) in [4.78, 5) is 12.4. The van der Waals surface area contributed by atoms with E-state index in [0.29, 0.717) is 16.5 Å². The molecule has 2 N–H and O–H groups in total. The molecule has 0 bridgehead atoms. The minimum Gasteiger partial charge on any atom is -0.495 e. The molecule has 7 nitrogen and oxygen atoms in total. The van der Waals surface area contributed by atoms with Crippen molar-refractivity contribution in [3.8, 4) is 11.5 Å². The molecule has 0 aliphatic carbocycles. The Kier molecular flexibility index (Phi) is 7.22. The van der Waals surface area contributed by atoms with Crippen molar-refractivity contribution in [1.82, 2.24) is 0 Å². The van der Waals surface area contributed by atoms with Crippen LogP contribution in [0, 0.1) is 5.82 Å². The van der Waals surface area contributed by atoms with Crippen molar-refractivity contribution in [3.05, 3.63) is 77.6 Å². The normalized spacial score (nSPS) is 12.0. The highest BCUT2D eigenvalue weighted by molar-refractivity contribution is 7.92. The van der Waals surface area contributed by atoms with E-state index in [9.17, 15) is 17.6 Å². The predicted molar refractivity (Wildman–Crippen MR) is 120 cm³/mol. The first-order chi connectivity index (χ1) is 15.2. The fourth-order valence-corrected chi connectivity index (χ4v) is 3.88. The van der Waals surface area contributed by atoms with Crippen molar-refractivity contribution in [2.24, 2.45) is 0 Å². The van der Waals surface area contributed by atoms with E-state index in [1.165, 1.54) is 19.2 Å². The zero-order valence-corrected chi connectivity index (χ0v) is 18.7. The number of nitrogens with one attached hydrogen (secondary N) is 2. The second kappa shape index (κ2) is 9.88. The van der Waals surface area contributed by atoms with Crippen LogP contribution in [0.25, 0.3) is 0 Å². The van der Waals surface area contributed by atoms with Gasteiger partial charge in [-0.15, -0.1) is 0 Å². The van der Waals surface area contributed by atoms with Crippen LogP contribution < -0.4 is 19.5 Å². The number of halogens is 2. The smallest absolute Gasteiger partial charge is 0.265 e. The molecule has 0 aliphatic heterocycles. The maximum Gasteiger partial charge on any atom is 0.265 e. The Morgan fingerprint density at radius 3 is 2.31 bits per heavy atom. The average molecular weight is 479 g/mol. The van der Waals surface area contributed by atoms with Crippen molar-refractivity contribution in [2.45, 2.75) is 17.9 Å². The summed E-state index contributed by atoms with van der Waals surface area (Å²) in [5.74, 6) is -0.294. The topological polar surface area (TPSA) is 93.7 Å². The fourth-order valence-electron chi connectivity index (χ4n) is 2.70. The van der Waals surface area contributed by atoms with Crippen LogP contribution in [0.1, 0.15) is 6.92 Å². The van der Waals surface area contributed by atoms with Crippen LogP contribution in [0.3, 0.4) is 0 Å². The van der Waals surface area contributed by atoms with Gasteiger partial charge < -0.3 is 14.8 Å². The van der Waals surface area contributed by atoms with Crippen molar-refractivity contribution in [3.63, 3.8) is 0 Å². The summed E-state index contributed by atoms with van der Waals surface area (Å²) in [5.41, 5.74) is 0.417. The molecular weight excluding hydrogens is 459 g/mol. The third kappa shape index (κ3) is 5.89. The van der Waals surface area contributed by atoms with Gasteiger partial charge in [-0.1, -0.05) is 11.6 Å². The molecule has 168 valence electrons. The Balaban J connectivity index is 1.75. The lowest BCUT2D eigenvalue weighted by Gasteiger charge is -2.17. The molecule has 3 aromatic rings. The van der Waals surface area contributed by atoms with Gasteiger partial charge in [-0.3, -0.25) is 9.52 Å². The summed E-state index contributed by atoms with van der Waals surface area (Å²) in [5, 5.41) is 3.21. The number of hydrogen-bond acceptors (Lipinski definition) is 5. The first kappa shape index (κ1) is 23.4. The van der Waals surface area contributed by atoms with Gasteiger partial charge in [0, 0.05) is 10.7 Å². The van der Waals surface area contributed by atoms with Gasteiger partial charge in [-0.25, -0.2) is 12.8 Å². The molecule has 1 unspecified atom stereocenters. The number of methoxy groups -OCH3 is 1. The summed E-state index contributed by atoms with van der Waals surface area (Å²) >= 11 is 5.84. The zero-order chi connectivity index (χ0) is 23.3. The molecule has 0 aliphatic rings. The quantitative estimate of drug-likeness (QED) is 0.489. The molecule has 1 atom stereocenters. The van der Waals surface area contributed by atoms with E-state index >= 15 is 0 Å². The molecular formula is C22H20ClFN2O5S. The van der Waals surface area contributed by atoms with Crippen molar-refractivity contribution < 1.29 is 27.1 Å². The van der Waals surface area contributed by atoms with E-state index in [2.05, 4.69) is 10.0 Å². The van der Waals surface area contributed by atoms with E-state index in [0.717, 1.165) is 24.3 Å². The van der Waals surface area contributed by atoms with Gasteiger partial charge in [0.2, 0.25) is 0 Å². The summed E-state index contributed by atoms with van der Waals surface area (Å²) in [6, 6.07) is 15.4. The highest BCUT2D eigenvalue weighted by atomic mass is 35.5. The third-order valence-corrected chi connectivity index (χ3v) is 5.96. The van der Waals surface area contributed by atoms with Crippen molar-refractivity contribution in [2.75, 3.05) is 17.1 Å². The Hall–Kier alpha value is -3.30. The Morgan fingerprint density at radius 1 is 1.03 bits per heavy atom. The Morgan fingerprint density at radius 2 is 1.69 bits per heavy atom. The molecule has 10 heteroatoms.